The number of carbonyl (C=O) groups excluding carboxylic acids is 1. The van der Waals surface area contributed by atoms with Crippen molar-refractivity contribution in [3.05, 3.63) is 35.1 Å². The molecule has 1 saturated heterocycles. The van der Waals surface area contributed by atoms with Gasteiger partial charge < -0.3 is 25.4 Å². The molecule has 9 heteroatoms. The second kappa shape index (κ2) is 13.7. The van der Waals surface area contributed by atoms with E-state index in [0.29, 0.717) is 43.4 Å². The first-order chi connectivity index (χ1) is 13.1. The Morgan fingerprint density at radius 3 is 2.71 bits per heavy atom. The lowest BCUT2D eigenvalue weighted by atomic mass is 10.1. The van der Waals surface area contributed by atoms with E-state index in [-0.39, 0.29) is 41.8 Å². The van der Waals surface area contributed by atoms with E-state index in [4.69, 9.17) is 9.47 Å². The second-order valence-corrected chi connectivity index (χ2v) is 6.36. The van der Waals surface area contributed by atoms with Crippen molar-refractivity contribution < 1.29 is 18.7 Å². The molecule has 0 aliphatic carbocycles. The molecule has 0 bridgehead atoms. The number of guanidine groups is 1. The van der Waals surface area contributed by atoms with E-state index < -0.39 is 0 Å². The highest BCUT2D eigenvalue weighted by Crippen LogP contribution is 2.09. The van der Waals surface area contributed by atoms with E-state index in [2.05, 4.69) is 20.9 Å². The van der Waals surface area contributed by atoms with Crippen molar-refractivity contribution in [2.45, 2.75) is 25.9 Å². The summed E-state index contributed by atoms with van der Waals surface area (Å²) in [5.41, 5.74) is 0.832. The summed E-state index contributed by atoms with van der Waals surface area (Å²) in [5.74, 6) is -0.0173. The molecule has 1 aromatic rings. The molecule has 1 aliphatic heterocycles. The minimum absolute atomic E-state index is 0. The minimum Gasteiger partial charge on any atom is -0.379 e. The molecule has 28 heavy (non-hydrogen) atoms. The van der Waals surface area contributed by atoms with Crippen molar-refractivity contribution in [2.75, 3.05) is 46.5 Å². The van der Waals surface area contributed by atoms with Gasteiger partial charge in [-0.15, -0.1) is 24.0 Å². The van der Waals surface area contributed by atoms with E-state index in [1.54, 1.807) is 26.1 Å². The van der Waals surface area contributed by atoms with Crippen LogP contribution in [-0.2, 0) is 9.47 Å². The summed E-state index contributed by atoms with van der Waals surface area (Å²) in [4.78, 5) is 16.1. The molecule has 0 radical (unpaired) electrons. The maximum atomic E-state index is 13.5. The van der Waals surface area contributed by atoms with Crippen LogP contribution in [0.25, 0.3) is 0 Å². The van der Waals surface area contributed by atoms with Gasteiger partial charge in [0.1, 0.15) is 5.82 Å². The van der Waals surface area contributed by atoms with E-state index in [1.807, 2.05) is 0 Å². The van der Waals surface area contributed by atoms with Gasteiger partial charge in [-0.1, -0.05) is 6.07 Å². The molecule has 2 rings (SSSR count). The van der Waals surface area contributed by atoms with Crippen molar-refractivity contribution in [1.82, 2.24) is 16.0 Å². The van der Waals surface area contributed by atoms with Crippen LogP contribution in [-0.4, -0.2) is 64.5 Å². The van der Waals surface area contributed by atoms with Gasteiger partial charge in [0.15, 0.2) is 5.96 Å². The highest BCUT2D eigenvalue weighted by atomic mass is 127. The molecule has 0 aromatic heterocycles. The third kappa shape index (κ3) is 8.70. The van der Waals surface area contributed by atoms with Crippen LogP contribution in [0.5, 0.6) is 0 Å². The Morgan fingerprint density at radius 2 is 2.04 bits per heavy atom. The summed E-state index contributed by atoms with van der Waals surface area (Å²) >= 11 is 0. The van der Waals surface area contributed by atoms with Crippen molar-refractivity contribution in [3.8, 4) is 0 Å². The van der Waals surface area contributed by atoms with Crippen molar-refractivity contribution in [1.29, 1.82) is 0 Å². The van der Waals surface area contributed by atoms with Gasteiger partial charge in [-0.2, -0.15) is 0 Å². The lowest BCUT2D eigenvalue weighted by Gasteiger charge is -2.13. The topological polar surface area (TPSA) is 84.0 Å². The number of rotatable bonds is 9. The number of hydrogen-bond acceptors (Lipinski definition) is 4. The molecule has 0 spiro atoms. The number of amides is 1. The summed E-state index contributed by atoms with van der Waals surface area (Å²) in [6.07, 6.45) is 2.07. The normalized spacial score (nSPS) is 16.4. The van der Waals surface area contributed by atoms with Crippen LogP contribution in [0.3, 0.4) is 0 Å². The van der Waals surface area contributed by atoms with E-state index >= 15 is 0 Å². The molecule has 1 aliphatic rings. The molecular formula is C19H30FIN4O3. The van der Waals surface area contributed by atoms with Crippen LogP contribution in [0.1, 0.15) is 28.8 Å². The molecule has 158 valence electrons. The predicted octanol–water partition coefficient (Wildman–Crippen LogP) is 1.84. The third-order valence-corrected chi connectivity index (χ3v) is 4.22. The summed E-state index contributed by atoms with van der Waals surface area (Å²) < 4.78 is 24.5. The van der Waals surface area contributed by atoms with Crippen molar-refractivity contribution >= 4 is 35.8 Å². The van der Waals surface area contributed by atoms with Crippen molar-refractivity contribution in [3.63, 3.8) is 0 Å². The standard InChI is InChI=1S/C19H29FN4O3.HI/c1-14-4-5-15(12-17(14)20)18(25)22-8-9-24-19(21-2)23-7-3-10-27-16-6-11-26-13-16;/h4-5,12,16H,3,6-11,13H2,1-2H3,(H,22,25)(H2,21,23,24);1H. The SMILES string of the molecule is CN=C(NCCCOC1CCOC1)NCCNC(=O)c1ccc(C)c(F)c1.I. The number of benzene rings is 1. The number of nitrogens with one attached hydrogen (secondary N) is 3. The van der Waals surface area contributed by atoms with Gasteiger partial charge in [0.05, 0.1) is 12.7 Å². The molecule has 1 aromatic carbocycles. The molecule has 0 saturated carbocycles. The van der Waals surface area contributed by atoms with Crippen LogP contribution in [0.2, 0.25) is 0 Å². The Morgan fingerprint density at radius 1 is 1.29 bits per heavy atom. The first-order valence-corrected chi connectivity index (χ1v) is 9.28. The van der Waals surface area contributed by atoms with Gasteiger partial charge in [-0.05, 0) is 37.5 Å². The molecular weight excluding hydrogens is 478 g/mol. The zero-order chi connectivity index (χ0) is 19.5. The van der Waals surface area contributed by atoms with Gasteiger partial charge in [0.2, 0.25) is 0 Å². The van der Waals surface area contributed by atoms with Crippen molar-refractivity contribution in [2.24, 2.45) is 4.99 Å². The van der Waals surface area contributed by atoms with Crippen LogP contribution in [0, 0.1) is 12.7 Å². The Hall–Kier alpha value is -1.46. The zero-order valence-corrected chi connectivity index (χ0v) is 18.8. The Labute approximate surface area is 182 Å². The fraction of sp³-hybridized carbons (Fsp3) is 0.579. The Balaban J connectivity index is 0.00000392. The third-order valence-electron chi connectivity index (χ3n) is 4.22. The predicted molar refractivity (Wildman–Crippen MR) is 118 cm³/mol. The molecule has 1 fully saturated rings. The first kappa shape index (κ1) is 24.6. The number of hydrogen-bond donors (Lipinski definition) is 3. The van der Waals surface area contributed by atoms with Gasteiger partial charge in [-0.25, -0.2) is 4.39 Å². The van der Waals surface area contributed by atoms with E-state index in [0.717, 1.165) is 26.0 Å². The Kier molecular flexibility index (Phi) is 12.0. The summed E-state index contributed by atoms with van der Waals surface area (Å²) in [5, 5.41) is 9.06. The van der Waals surface area contributed by atoms with E-state index in [9.17, 15) is 9.18 Å². The average molecular weight is 508 g/mol. The molecule has 7 nitrogen and oxygen atoms in total. The molecule has 1 amide bonds. The fourth-order valence-corrected chi connectivity index (χ4v) is 2.59. The fourth-order valence-electron chi connectivity index (χ4n) is 2.59. The maximum Gasteiger partial charge on any atom is 0.251 e. The van der Waals surface area contributed by atoms with Crippen LogP contribution in [0.15, 0.2) is 23.2 Å². The first-order valence-electron chi connectivity index (χ1n) is 9.28. The number of halogens is 2. The lowest BCUT2D eigenvalue weighted by Crippen LogP contribution is -2.42. The lowest BCUT2D eigenvalue weighted by molar-refractivity contribution is 0.0420. The maximum absolute atomic E-state index is 13.5. The summed E-state index contributed by atoms with van der Waals surface area (Å²) in [6.45, 7) is 5.47. The highest BCUT2D eigenvalue weighted by molar-refractivity contribution is 14.0. The van der Waals surface area contributed by atoms with Crippen LogP contribution >= 0.6 is 24.0 Å². The minimum atomic E-state index is -0.380. The van der Waals surface area contributed by atoms with Gasteiger partial charge in [0, 0.05) is 45.5 Å². The molecule has 1 unspecified atom stereocenters. The molecule has 1 atom stereocenters. The smallest absolute Gasteiger partial charge is 0.251 e. The Bertz CT molecular complexity index is 640. The van der Waals surface area contributed by atoms with Gasteiger partial charge in [0.25, 0.3) is 5.91 Å². The number of carbonyl (C=O) groups is 1. The van der Waals surface area contributed by atoms with Crippen LogP contribution in [0.4, 0.5) is 4.39 Å². The number of nitrogens with zero attached hydrogens (tertiary/aromatic N) is 1. The van der Waals surface area contributed by atoms with Crippen LogP contribution < -0.4 is 16.0 Å². The zero-order valence-electron chi connectivity index (χ0n) is 16.4. The summed E-state index contributed by atoms with van der Waals surface area (Å²) in [6, 6.07) is 4.46. The number of aryl methyl sites for hydroxylation is 1. The quantitative estimate of drug-likeness (QED) is 0.205. The number of ether oxygens (including phenoxy) is 2. The second-order valence-electron chi connectivity index (χ2n) is 6.36. The van der Waals surface area contributed by atoms with E-state index in [1.165, 1.54) is 6.07 Å². The largest absolute Gasteiger partial charge is 0.379 e. The summed E-state index contributed by atoms with van der Waals surface area (Å²) in [7, 11) is 1.69. The van der Waals surface area contributed by atoms with Gasteiger partial charge in [-0.3, -0.25) is 9.79 Å². The van der Waals surface area contributed by atoms with Gasteiger partial charge >= 0.3 is 0 Å². The highest BCUT2D eigenvalue weighted by Gasteiger charge is 2.15. The monoisotopic (exact) mass is 508 g/mol. The number of aliphatic imine (C=N–C) groups is 1. The average Bonchev–Trinajstić information content (AvgIpc) is 3.18. The molecule has 1 heterocycles. The molecule has 3 N–H and O–H groups in total.